The van der Waals surface area contributed by atoms with E-state index in [1.54, 1.807) is 19.9 Å². The first-order chi connectivity index (χ1) is 7.00. The molecule has 1 radical (unpaired) electrons. The molecule has 0 atom stereocenters. The molecule has 0 unspecified atom stereocenters. The van der Waals surface area contributed by atoms with E-state index in [2.05, 4.69) is 4.89 Å². The molecule has 15 heavy (non-hydrogen) atoms. The molecule has 1 aromatic carbocycles. The van der Waals surface area contributed by atoms with Gasteiger partial charge < -0.3 is 0 Å². The molecule has 0 aliphatic carbocycles. The van der Waals surface area contributed by atoms with Crippen LogP contribution in [0.5, 0.6) is 0 Å². The minimum absolute atomic E-state index is 0.464. The molecule has 0 N–H and O–H groups in total. The van der Waals surface area contributed by atoms with Crippen molar-refractivity contribution in [2.75, 3.05) is 0 Å². The van der Waals surface area contributed by atoms with E-state index in [9.17, 15) is 4.79 Å². The summed E-state index contributed by atoms with van der Waals surface area (Å²) >= 11 is 0. The number of hydrogen-bond donors (Lipinski definition) is 0. The summed E-state index contributed by atoms with van der Waals surface area (Å²) in [5, 5.41) is 0. The maximum absolute atomic E-state index is 11.5. The van der Waals surface area contributed by atoms with Crippen molar-refractivity contribution in [1.82, 2.24) is 0 Å². The van der Waals surface area contributed by atoms with Crippen molar-refractivity contribution in [3.8, 4) is 0 Å². The fourth-order valence-corrected chi connectivity index (χ4v) is 1.21. The Bertz CT molecular complexity index is 356. The van der Waals surface area contributed by atoms with Crippen LogP contribution < -0.4 is 0 Å². The molecule has 0 aliphatic heterocycles. The van der Waals surface area contributed by atoms with Crippen LogP contribution in [0.3, 0.4) is 0 Å². The zero-order valence-corrected chi connectivity index (χ0v) is 9.46. The number of carbonyl (C=O) groups excluding carboxylic acids is 1. The highest BCUT2D eigenvalue weighted by atomic mass is 17.2. The van der Waals surface area contributed by atoms with Crippen LogP contribution in [0, 0.1) is 20.0 Å². The van der Waals surface area contributed by atoms with Crippen molar-refractivity contribution in [1.29, 1.82) is 0 Å². The molecule has 3 nitrogen and oxygen atoms in total. The minimum Gasteiger partial charge on any atom is -0.292 e. The Balaban J connectivity index is 2.74. The molecule has 0 spiro atoms. The molecule has 81 valence electrons. The molecule has 0 amide bonds. The van der Waals surface area contributed by atoms with Gasteiger partial charge in [-0.2, -0.15) is 4.89 Å². The SMILES string of the molecule is C[C](C)OOC(=O)c1ccc(C)cc1C. The molecule has 1 aromatic rings. The van der Waals surface area contributed by atoms with Gasteiger partial charge in [0.2, 0.25) is 0 Å². The third-order valence-electron chi connectivity index (χ3n) is 1.89. The van der Waals surface area contributed by atoms with Gasteiger partial charge in [0.05, 0.1) is 5.56 Å². The van der Waals surface area contributed by atoms with Crippen LogP contribution in [0.1, 0.15) is 35.3 Å². The van der Waals surface area contributed by atoms with Crippen LogP contribution in [0.15, 0.2) is 18.2 Å². The summed E-state index contributed by atoms with van der Waals surface area (Å²) in [6, 6.07) is 5.53. The van der Waals surface area contributed by atoms with E-state index in [0.717, 1.165) is 11.1 Å². The summed E-state index contributed by atoms with van der Waals surface area (Å²) in [6.45, 7) is 7.28. The fourth-order valence-electron chi connectivity index (χ4n) is 1.21. The van der Waals surface area contributed by atoms with Gasteiger partial charge in [-0.1, -0.05) is 17.7 Å². The highest BCUT2D eigenvalue weighted by molar-refractivity contribution is 5.90. The van der Waals surface area contributed by atoms with Gasteiger partial charge in [0, 0.05) is 0 Å². The number of rotatable bonds is 3. The van der Waals surface area contributed by atoms with Crippen LogP contribution >= 0.6 is 0 Å². The first-order valence-electron chi connectivity index (χ1n) is 4.77. The first-order valence-corrected chi connectivity index (χ1v) is 4.77. The maximum atomic E-state index is 11.5. The lowest BCUT2D eigenvalue weighted by Crippen LogP contribution is -2.08. The Labute approximate surface area is 89.9 Å². The predicted octanol–water partition coefficient (Wildman–Crippen LogP) is 2.96. The number of hydrogen-bond acceptors (Lipinski definition) is 3. The van der Waals surface area contributed by atoms with E-state index in [1.807, 2.05) is 26.0 Å². The topological polar surface area (TPSA) is 35.5 Å². The van der Waals surface area contributed by atoms with E-state index in [-0.39, 0.29) is 0 Å². The third-order valence-corrected chi connectivity index (χ3v) is 1.89. The summed E-state index contributed by atoms with van der Waals surface area (Å²) in [4.78, 5) is 20.9. The zero-order valence-electron chi connectivity index (χ0n) is 9.46. The van der Waals surface area contributed by atoms with Gasteiger partial charge in [-0.25, -0.2) is 4.79 Å². The Morgan fingerprint density at radius 3 is 2.33 bits per heavy atom. The largest absolute Gasteiger partial charge is 0.373 e. The molecule has 0 heterocycles. The van der Waals surface area contributed by atoms with E-state index in [0.29, 0.717) is 11.7 Å². The predicted molar refractivity (Wildman–Crippen MR) is 57.0 cm³/mol. The van der Waals surface area contributed by atoms with Gasteiger partial charge >= 0.3 is 5.97 Å². The summed E-state index contributed by atoms with van der Waals surface area (Å²) in [5.74, 6) is -0.464. The molecule has 3 heteroatoms. The van der Waals surface area contributed by atoms with E-state index in [1.165, 1.54) is 0 Å². The lowest BCUT2D eigenvalue weighted by molar-refractivity contribution is -0.229. The standard InChI is InChI=1S/C12H15O3/c1-8(2)14-15-12(13)11-6-5-9(3)7-10(11)4/h5-7H,1-4H3. The highest BCUT2D eigenvalue weighted by Gasteiger charge is 2.12. The van der Waals surface area contributed by atoms with Crippen molar-refractivity contribution < 1.29 is 14.6 Å². The molecule has 0 fully saturated rings. The van der Waals surface area contributed by atoms with Crippen molar-refractivity contribution in [3.05, 3.63) is 41.0 Å². The smallest absolute Gasteiger partial charge is 0.292 e. The van der Waals surface area contributed by atoms with Gasteiger partial charge in [0.25, 0.3) is 0 Å². The summed E-state index contributed by atoms with van der Waals surface area (Å²) in [7, 11) is 0. The van der Waals surface area contributed by atoms with E-state index >= 15 is 0 Å². The Kier molecular flexibility index (Phi) is 3.86. The second-order valence-corrected chi connectivity index (χ2v) is 3.68. The Hall–Kier alpha value is -1.35. The normalized spacial score (nSPS) is 10.5. The molecule has 0 saturated heterocycles. The van der Waals surface area contributed by atoms with Crippen LogP contribution in [-0.2, 0) is 9.78 Å². The first kappa shape index (κ1) is 11.7. The van der Waals surface area contributed by atoms with Crippen LogP contribution in [0.2, 0.25) is 0 Å². The second-order valence-electron chi connectivity index (χ2n) is 3.68. The van der Waals surface area contributed by atoms with Crippen LogP contribution in [0.4, 0.5) is 0 Å². The molecular weight excluding hydrogens is 192 g/mol. The molecule has 0 aromatic heterocycles. The Morgan fingerprint density at radius 2 is 1.80 bits per heavy atom. The van der Waals surface area contributed by atoms with Crippen molar-refractivity contribution >= 4 is 5.97 Å². The van der Waals surface area contributed by atoms with Crippen molar-refractivity contribution in [2.24, 2.45) is 0 Å². The summed E-state index contributed by atoms with van der Waals surface area (Å²) in [6.07, 6.45) is 0.591. The van der Waals surface area contributed by atoms with Gasteiger partial charge in [-0.15, -0.1) is 0 Å². The summed E-state index contributed by atoms with van der Waals surface area (Å²) < 4.78 is 0. The molecule has 1 rings (SSSR count). The van der Waals surface area contributed by atoms with E-state index < -0.39 is 5.97 Å². The average molecular weight is 207 g/mol. The van der Waals surface area contributed by atoms with Crippen LogP contribution in [-0.4, -0.2) is 5.97 Å². The van der Waals surface area contributed by atoms with Crippen LogP contribution in [0.25, 0.3) is 0 Å². The second kappa shape index (κ2) is 4.94. The lowest BCUT2D eigenvalue weighted by atomic mass is 10.1. The number of aryl methyl sites for hydroxylation is 2. The summed E-state index contributed by atoms with van der Waals surface area (Å²) in [5.41, 5.74) is 2.53. The minimum atomic E-state index is -0.464. The highest BCUT2D eigenvalue weighted by Crippen LogP contribution is 2.12. The lowest BCUT2D eigenvalue weighted by Gasteiger charge is -2.07. The Morgan fingerprint density at radius 1 is 1.13 bits per heavy atom. The van der Waals surface area contributed by atoms with Gasteiger partial charge in [-0.3, -0.25) is 4.89 Å². The van der Waals surface area contributed by atoms with Crippen molar-refractivity contribution in [2.45, 2.75) is 27.7 Å². The molecule has 0 bridgehead atoms. The molecule has 0 saturated carbocycles. The van der Waals surface area contributed by atoms with Gasteiger partial charge in [-0.05, 0) is 39.3 Å². The fraction of sp³-hybridized carbons (Fsp3) is 0.333. The molecule has 0 aliphatic rings. The monoisotopic (exact) mass is 207 g/mol. The maximum Gasteiger partial charge on any atom is 0.373 e. The third kappa shape index (κ3) is 3.36. The van der Waals surface area contributed by atoms with Gasteiger partial charge in [0.1, 0.15) is 6.10 Å². The number of carbonyl (C=O) groups is 1. The van der Waals surface area contributed by atoms with Gasteiger partial charge in [0.15, 0.2) is 0 Å². The molecular formula is C12H15O3. The average Bonchev–Trinajstić information content (AvgIpc) is 2.14. The number of benzene rings is 1. The quantitative estimate of drug-likeness (QED) is 0.564. The van der Waals surface area contributed by atoms with E-state index in [4.69, 9.17) is 4.89 Å². The van der Waals surface area contributed by atoms with Crippen molar-refractivity contribution in [3.63, 3.8) is 0 Å². The zero-order chi connectivity index (χ0) is 11.4.